The van der Waals surface area contributed by atoms with Crippen molar-refractivity contribution in [2.75, 3.05) is 48.3 Å². The van der Waals surface area contributed by atoms with Crippen molar-refractivity contribution in [1.29, 1.82) is 0 Å². The van der Waals surface area contributed by atoms with Crippen molar-refractivity contribution in [1.82, 2.24) is 29.7 Å². The maximum absolute atomic E-state index is 16.3. The summed E-state index contributed by atoms with van der Waals surface area (Å²) in [5, 5.41) is 9.68. The van der Waals surface area contributed by atoms with E-state index in [0.29, 0.717) is 97.8 Å². The molecule has 2 unspecified atom stereocenters. The second-order valence-electron chi connectivity index (χ2n) is 20.4. The fraction of sp³-hybridized carbons (Fsp3) is 0.577. The van der Waals surface area contributed by atoms with E-state index in [2.05, 4.69) is 20.9 Å². The average Bonchev–Trinajstić information content (AvgIpc) is 3.63. The van der Waals surface area contributed by atoms with Gasteiger partial charge in [0, 0.05) is 61.9 Å². The highest BCUT2D eigenvalue weighted by Crippen LogP contribution is 2.41. The van der Waals surface area contributed by atoms with Crippen molar-refractivity contribution < 1.29 is 36.0 Å². The Morgan fingerprint density at radius 1 is 0.886 bits per heavy atom. The number of rotatable bonds is 10. The summed E-state index contributed by atoms with van der Waals surface area (Å²) in [7, 11) is -3.24. The molecule has 2 aromatic heterocycles. The van der Waals surface area contributed by atoms with Crippen molar-refractivity contribution in [3.05, 3.63) is 92.3 Å². The minimum atomic E-state index is -3.35. The number of carbonyl (C=O) groups is 3. The number of carbonyl (C=O) groups excluding carboxylic acids is 3. The number of fused-ring (bicyclic) bond motifs is 9. The zero-order chi connectivity index (χ0) is 49.3. The minimum absolute atomic E-state index is 0.0255. The molecule has 3 N–H and O–H groups in total. The number of unbranched alkanes of at least 4 members (excludes halogenated alkanes) is 3. The molecule has 8 bridgehead atoms. The largest absolute Gasteiger partial charge is 0.384 e. The molecule has 3 amide bonds. The summed E-state index contributed by atoms with van der Waals surface area (Å²) in [4.78, 5) is 66.5. The number of anilines is 2. The Balaban J connectivity index is 0.960. The summed E-state index contributed by atoms with van der Waals surface area (Å²) >= 11 is 0. The summed E-state index contributed by atoms with van der Waals surface area (Å²) < 4.78 is 75.1. The van der Waals surface area contributed by atoms with Gasteiger partial charge in [-0.1, -0.05) is 68.9 Å². The number of amides is 3. The number of imide groups is 1. The van der Waals surface area contributed by atoms with Gasteiger partial charge in [-0.05, 0) is 94.9 Å². The SMILES string of the molecule is Cc1nc2c3cc(C4CCS(=O)(=O)CC4)c(=O)n(c3n1)C(CCCCCCNc1cccc3c1C(=O)N(C1CCC(=O)NC1=O)C3)CCCCCCN1CC(C1)CC(F)(F)c1cccc(c1F)[C@@H](C)N2. The van der Waals surface area contributed by atoms with Crippen LogP contribution in [0.1, 0.15) is 160 Å². The summed E-state index contributed by atoms with van der Waals surface area (Å²) in [6, 6.07) is 9.86. The van der Waals surface area contributed by atoms with E-state index in [1.807, 2.05) is 22.8 Å². The highest BCUT2D eigenvalue weighted by atomic mass is 32.2. The molecule has 18 heteroatoms. The predicted octanol–water partition coefficient (Wildman–Crippen LogP) is 8.45. The third-order valence-corrected chi connectivity index (χ3v) is 17.0. The number of sulfone groups is 1. The molecule has 0 spiro atoms. The van der Waals surface area contributed by atoms with Crippen molar-refractivity contribution >= 4 is 50.1 Å². The van der Waals surface area contributed by atoms with Crippen molar-refractivity contribution in [3.8, 4) is 0 Å². The van der Waals surface area contributed by atoms with Gasteiger partial charge in [-0.3, -0.25) is 29.1 Å². The number of aromatic nitrogens is 3. The molecule has 70 heavy (non-hydrogen) atoms. The van der Waals surface area contributed by atoms with Crippen LogP contribution in [0.2, 0.25) is 0 Å². The van der Waals surface area contributed by atoms with Gasteiger partial charge in [0.2, 0.25) is 11.8 Å². The molecular weight excluding hydrogens is 922 g/mol. The quantitative estimate of drug-likeness (QED) is 0.103. The molecule has 4 aromatic rings. The lowest BCUT2D eigenvalue weighted by Crippen LogP contribution is -2.52. The normalized spacial score (nSPS) is 25.1. The van der Waals surface area contributed by atoms with Crippen LogP contribution in [-0.2, 0) is 31.9 Å². The smallest absolute Gasteiger partial charge is 0.276 e. The van der Waals surface area contributed by atoms with Gasteiger partial charge >= 0.3 is 0 Å². The van der Waals surface area contributed by atoms with E-state index in [1.165, 1.54) is 18.2 Å². The van der Waals surface area contributed by atoms with E-state index in [0.717, 1.165) is 63.5 Å². The van der Waals surface area contributed by atoms with Crippen LogP contribution in [-0.4, -0.2) is 94.2 Å². The number of benzene rings is 2. The Labute approximate surface area is 407 Å². The van der Waals surface area contributed by atoms with E-state index in [1.54, 1.807) is 24.8 Å². The molecule has 0 aliphatic carbocycles. The van der Waals surface area contributed by atoms with Crippen LogP contribution < -0.4 is 21.5 Å². The van der Waals surface area contributed by atoms with Gasteiger partial charge in [-0.25, -0.2) is 31.6 Å². The monoisotopic (exact) mass is 986 g/mol. The number of nitrogens with zero attached hydrogens (tertiary/aromatic N) is 5. The Kier molecular flexibility index (Phi) is 14.7. The Hall–Kier alpha value is -5.36. The van der Waals surface area contributed by atoms with Gasteiger partial charge in [0.25, 0.3) is 17.4 Å². The zero-order valence-electron chi connectivity index (χ0n) is 40.2. The first-order valence-electron chi connectivity index (χ1n) is 25.4. The maximum atomic E-state index is 16.3. The highest BCUT2D eigenvalue weighted by Gasteiger charge is 2.43. The number of pyridine rings is 1. The number of halogens is 3. The first-order valence-corrected chi connectivity index (χ1v) is 27.2. The third kappa shape index (κ3) is 10.6. The Bertz CT molecular complexity index is 2800. The van der Waals surface area contributed by atoms with Crippen molar-refractivity contribution in [2.24, 2.45) is 5.92 Å². The topological polar surface area (TPSA) is 176 Å². The minimum Gasteiger partial charge on any atom is -0.384 e. The number of nitrogens with one attached hydrogen (secondary N) is 3. The summed E-state index contributed by atoms with van der Waals surface area (Å²) in [5.74, 6) is -5.19. The van der Waals surface area contributed by atoms with Gasteiger partial charge in [0.15, 0.2) is 0 Å². The van der Waals surface area contributed by atoms with Crippen LogP contribution >= 0.6 is 0 Å². The van der Waals surface area contributed by atoms with E-state index in [4.69, 9.17) is 9.97 Å². The van der Waals surface area contributed by atoms with E-state index >= 15 is 18.0 Å². The lowest BCUT2D eigenvalue weighted by atomic mass is 9.88. The van der Waals surface area contributed by atoms with Gasteiger partial charge < -0.3 is 20.4 Å². The molecule has 0 saturated carbocycles. The standard InChI is InChI=1S/C52H65F3N8O6S/c1-32-38-16-12-17-41(46(38)53)52(54,55)28-34-29-61(30-34)24-10-6-4-8-15-37(63-48-40(47(57-32)58-33(2)59-48)27-39(50(63)66)35-21-25-70(68,69)26-22-35)14-7-3-5-9-23-56-42-18-11-13-36-31-62(51(67)45(36)42)43-19-20-44(64)60-49(43)65/h11-13,16-18,27,32,34-35,37,43,56H,3-10,14-15,19-26,28-31H2,1-2H3,(H,57,58,59)(H,60,64,65)/t32-,37?,43?/m1/s1. The van der Waals surface area contributed by atoms with Gasteiger partial charge in [0.1, 0.15) is 39.0 Å². The Morgan fingerprint density at radius 3 is 2.43 bits per heavy atom. The highest BCUT2D eigenvalue weighted by molar-refractivity contribution is 7.91. The molecule has 3 fully saturated rings. The first kappa shape index (κ1) is 49.6. The number of piperidine rings is 1. The fourth-order valence-electron chi connectivity index (χ4n) is 11.5. The van der Waals surface area contributed by atoms with E-state index < -0.39 is 51.6 Å². The zero-order valence-corrected chi connectivity index (χ0v) is 41.0. The lowest BCUT2D eigenvalue weighted by molar-refractivity contribution is -0.136. The number of alkyl halides is 2. The molecule has 6 aliphatic rings. The van der Waals surface area contributed by atoms with Crippen molar-refractivity contribution in [2.45, 2.75) is 147 Å². The average molecular weight is 987 g/mol. The van der Waals surface area contributed by atoms with Gasteiger partial charge in [0.05, 0.1) is 34.1 Å². The second-order valence-corrected chi connectivity index (χ2v) is 22.7. The molecule has 3 saturated heterocycles. The van der Waals surface area contributed by atoms with Crippen LogP contribution in [0.5, 0.6) is 0 Å². The summed E-state index contributed by atoms with van der Waals surface area (Å²) in [6.07, 6.45) is 9.09. The van der Waals surface area contributed by atoms with Gasteiger partial charge in [-0.15, -0.1) is 0 Å². The molecule has 2 aromatic carbocycles. The van der Waals surface area contributed by atoms with Gasteiger partial charge in [-0.2, -0.15) is 0 Å². The molecule has 8 heterocycles. The van der Waals surface area contributed by atoms with E-state index in [9.17, 15) is 22.8 Å². The van der Waals surface area contributed by atoms with Crippen LogP contribution in [0.15, 0.2) is 47.3 Å². The summed E-state index contributed by atoms with van der Waals surface area (Å²) in [5.41, 5.74) is 2.28. The number of hydrogen-bond donors (Lipinski definition) is 3. The molecule has 376 valence electrons. The van der Waals surface area contributed by atoms with Crippen LogP contribution in [0, 0.1) is 18.7 Å². The van der Waals surface area contributed by atoms with Crippen molar-refractivity contribution in [3.63, 3.8) is 0 Å². The molecule has 6 aliphatic heterocycles. The molecule has 10 rings (SSSR count). The predicted molar refractivity (Wildman–Crippen MR) is 262 cm³/mol. The summed E-state index contributed by atoms with van der Waals surface area (Å²) in [6.45, 7) is 6.27. The molecule has 14 nitrogen and oxygen atoms in total. The number of hydrogen-bond acceptors (Lipinski definition) is 11. The third-order valence-electron chi connectivity index (χ3n) is 15.3. The number of aryl methyl sites for hydroxylation is 1. The second kappa shape index (κ2) is 20.8. The molecule has 3 atom stereocenters. The van der Waals surface area contributed by atoms with Crippen LogP contribution in [0.25, 0.3) is 11.0 Å². The molecular formula is C52H65F3N8O6S. The van der Waals surface area contributed by atoms with Crippen LogP contribution in [0.4, 0.5) is 24.7 Å². The molecule has 0 radical (unpaired) electrons. The van der Waals surface area contributed by atoms with Crippen LogP contribution in [0.3, 0.4) is 0 Å². The first-order chi connectivity index (χ1) is 33.6. The fourth-order valence-corrected chi connectivity index (χ4v) is 13.0. The lowest BCUT2D eigenvalue weighted by Gasteiger charge is -2.41. The van der Waals surface area contributed by atoms with E-state index in [-0.39, 0.29) is 58.7 Å². The Morgan fingerprint density at radius 2 is 1.64 bits per heavy atom. The maximum Gasteiger partial charge on any atom is 0.276 e.